The molecule has 3 rings (SSSR count). The van der Waals surface area contributed by atoms with Crippen LogP contribution >= 0.6 is 0 Å². The number of amides is 1. The van der Waals surface area contributed by atoms with Crippen molar-refractivity contribution in [2.24, 2.45) is 0 Å². The van der Waals surface area contributed by atoms with E-state index in [0.717, 1.165) is 11.1 Å². The number of hydrogen-bond donors (Lipinski definition) is 1. The highest BCUT2D eigenvalue weighted by molar-refractivity contribution is 7.92. The van der Waals surface area contributed by atoms with Crippen molar-refractivity contribution < 1.29 is 13.2 Å². The van der Waals surface area contributed by atoms with Crippen molar-refractivity contribution >= 4 is 27.3 Å². The molecule has 0 atom stereocenters. The van der Waals surface area contributed by atoms with E-state index in [-0.39, 0.29) is 11.4 Å². The van der Waals surface area contributed by atoms with Crippen LogP contribution in [0.4, 0.5) is 11.4 Å². The number of nitrogens with zero attached hydrogens (tertiary/aromatic N) is 1. The molecule has 3 aromatic carbocycles. The molecule has 0 aliphatic rings. The van der Waals surface area contributed by atoms with Gasteiger partial charge in [-0.25, -0.2) is 8.42 Å². The second kappa shape index (κ2) is 8.92. The van der Waals surface area contributed by atoms with Gasteiger partial charge in [0.15, 0.2) is 0 Å². The Hall–Kier alpha value is -3.12. The van der Waals surface area contributed by atoms with E-state index in [9.17, 15) is 13.2 Å². The van der Waals surface area contributed by atoms with E-state index in [1.165, 1.54) is 16.4 Å². The van der Waals surface area contributed by atoms with Gasteiger partial charge in [0, 0.05) is 5.69 Å². The first-order valence-electron chi connectivity index (χ1n) is 9.44. The second-order valence-electron chi connectivity index (χ2n) is 6.67. The van der Waals surface area contributed by atoms with Crippen LogP contribution in [0.15, 0.2) is 83.8 Å². The molecule has 0 radical (unpaired) electrons. The number of para-hydroxylation sites is 2. The van der Waals surface area contributed by atoms with Crippen LogP contribution in [0.1, 0.15) is 18.1 Å². The number of anilines is 2. The van der Waals surface area contributed by atoms with Gasteiger partial charge in [-0.2, -0.15) is 0 Å². The van der Waals surface area contributed by atoms with Crippen LogP contribution in [0, 0.1) is 6.92 Å². The number of carbonyl (C=O) groups is 1. The number of rotatable bonds is 7. The Kier molecular flexibility index (Phi) is 6.34. The lowest BCUT2D eigenvalue weighted by Crippen LogP contribution is -2.38. The fourth-order valence-electron chi connectivity index (χ4n) is 3.11. The van der Waals surface area contributed by atoms with Gasteiger partial charge in [-0.15, -0.1) is 0 Å². The van der Waals surface area contributed by atoms with Gasteiger partial charge in [0.2, 0.25) is 5.91 Å². The van der Waals surface area contributed by atoms with E-state index >= 15 is 0 Å². The zero-order valence-corrected chi connectivity index (χ0v) is 17.3. The first-order valence-corrected chi connectivity index (χ1v) is 10.9. The lowest BCUT2D eigenvalue weighted by molar-refractivity contribution is -0.114. The van der Waals surface area contributed by atoms with E-state index in [4.69, 9.17) is 0 Å². The lowest BCUT2D eigenvalue weighted by Gasteiger charge is -2.26. The highest BCUT2D eigenvalue weighted by atomic mass is 32.2. The summed E-state index contributed by atoms with van der Waals surface area (Å²) in [5.74, 6) is -0.398. The molecule has 5 nitrogen and oxygen atoms in total. The maximum atomic E-state index is 13.4. The number of hydrogen-bond acceptors (Lipinski definition) is 3. The normalized spacial score (nSPS) is 11.1. The third kappa shape index (κ3) is 4.66. The van der Waals surface area contributed by atoms with E-state index in [1.54, 1.807) is 36.4 Å². The number of carbonyl (C=O) groups excluding carboxylic acids is 1. The summed E-state index contributed by atoms with van der Waals surface area (Å²) in [6, 6.07) is 22.8. The minimum atomic E-state index is -3.91. The van der Waals surface area contributed by atoms with Crippen molar-refractivity contribution in [3.63, 3.8) is 0 Å². The Balaban J connectivity index is 1.99. The highest BCUT2D eigenvalue weighted by Gasteiger charge is 2.28. The van der Waals surface area contributed by atoms with E-state index in [2.05, 4.69) is 5.32 Å². The molecule has 0 aromatic heterocycles. The molecule has 0 saturated heterocycles. The van der Waals surface area contributed by atoms with Crippen molar-refractivity contribution in [2.45, 2.75) is 25.2 Å². The zero-order chi connectivity index (χ0) is 20.9. The Morgan fingerprint density at radius 2 is 1.52 bits per heavy atom. The molecule has 0 spiro atoms. The molecule has 0 saturated carbocycles. The average molecular weight is 409 g/mol. The molecule has 0 aliphatic carbocycles. The molecule has 3 aromatic rings. The Labute approximate surface area is 172 Å². The van der Waals surface area contributed by atoms with Gasteiger partial charge in [-0.05, 0) is 48.7 Å². The smallest absolute Gasteiger partial charge is 0.264 e. The Morgan fingerprint density at radius 1 is 0.897 bits per heavy atom. The third-order valence-corrected chi connectivity index (χ3v) is 6.45. The largest absolute Gasteiger partial charge is 0.324 e. The van der Waals surface area contributed by atoms with E-state index in [0.29, 0.717) is 17.8 Å². The van der Waals surface area contributed by atoms with Crippen molar-refractivity contribution in [3.8, 4) is 0 Å². The van der Waals surface area contributed by atoms with Crippen LogP contribution in [-0.4, -0.2) is 20.9 Å². The molecule has 0 fully saturated rings. The van der Waals surface area contributed by atoms with Crippen molar-refractivity contribution in [2.75, 3.05) is 16.2 Å². The zero-order valence-electron chi connectivity index (χ0n) is 16.5. The van der Waals surface area contributed by atoms with Crippen molar-refractivity contribution in [3.05, 3.63) is 90.0 Å². The SMILES string of the molecule is CCc1ccccc1N(CC(=O)Nc1ccccc1C)S(=O)(=O)c1ccccc1. The minimum Gasteiger partial charge on any atom is -0.324 e. The fourth-order valence-corrected chi connectivity index (χ4v) is 4.59. The summed E-state index contributed by atoms with van der Waals surface area (Å²) >= 11 is 0. The monoisotopic (exact) mass is 408 g/mol. The van der Waals surface area contributed by atoms with E-state index in [1.807, 2.05) is 44.2 Å². The van der Waals surface area contributed by atoms with Crippen LogP contribution in [0.2, 0.25) is 0 Å². The van der Waals surface area contributed by atoms with Crippen molar-refractivity contribution in [1.82, 2.24) is 0 Å². The summed E-state index contributed by atoms with van der Waals surface area (Å²) in [6.07, 6.45) is 0.649. The number of nitrogens with one attached hydrogen (secondary N) is 1. The van der Waals surface area contributed by atoms with Crippen LogP contribution in [0.3, 0.4) is 0 Å². The van der Waals surface area contributed by atoms with Gasteiger partial charge in [0.1, 0.15) is 6.54 Å². The fraction of sp³-hybridized carbons (Fsp3) is 0.174. The standard InChI is InChI=1S/C23H24N2O3S/c1-3-19-12-8-10-16-22(19)25(29(27,28)20-13-5-4-6-14-20)17-23(26)24-21-15-9-7-11-18(21)2/h4-16H,3,17H2,1-2H3,(H,24,26). The van der Waals surface area contributed by atoms with Crippen LogP contribution < -0.4 is 9.62 Å². The molecule has 0 bridgehead atoms. The first-order chi connectivity index (χ1) is 13.9. The van der Waals surface area contributed by atoms with Crippen LogP contribution in [0.5, 0.6) is 0 Å². The summed E-state index contributed by atoms with van der Waals surface area (Å²) in [6.45, 7) is 3.53. The minimum absolute atomic E-state index is 0.148. The highest BCUT2D eigenvalue weighted by Crippen LogP contribution is 2.27. The second-order valence-corrected chi connectivity index (χ2v) is 8.53. The molecule has 6 heteroatoms. The maximum absolute atomic E-state index is 13.4. The molecule has 1 amide bonds. The predicted molar refractivity (Wildman–Crippen MR) is 117 cm³/mol. The Bertz CT molecular complexity index is 1100. The number of sulfonamides is 1. The van der Waals surface area contributed by atoms with Gasteiger partial charge < -0.3 is 5.32 Å². The quantitative estimate of drug-likeness (QED) is 0.630. The summed E-state index contributed by atoms with van der Waals surface area (Å²) in [7, 11) is -3.91. The van der Waals surface area contributed by atoms with Gasteiger partial charge in [0.05, 0.1) is 10.6 Å². The molecule has 150 valence electrons. The van der Waals surface area contributed by atoms with Gasteiger partial charge >= 0.3 is 0 Å². The molecular formula is C23H24N2O3S. The molecule has 29 heavy (non-hydrogen) atoms. The van der Waals surface area contributed by atoms with E-state index < -0.39 is 15.9 Å². The molecular weight excluding hydrogens is 384 g/mol. The molecule has 0 unspecified atom stereocenters. The lowest BCUT2D eigenvalue weighted by atomic mass is 10.1. The molecule has 0 heterocycles. The van der Waals surface area contributed by atoms with Gasteiger partial charge in [0.25, 0.3) is 10.0 Å². The average Bonchev–Trinajstić information content (AvgIpc) is 2.74. The van der Waals surface area contributed by atoms with Crippen LogP contribution in [0.25, 0.3) is 0 Å². The number of benzene rings is 3. The Morgan fingerprint density at radius 3 is 2.21 bits per heavy atom. The first kappa shape index (κ1) is 20.6. The predicted octanol–water partition coefficient (Wildman–Crippen LogP) is 4.39. The topological polar surface area (TPSA) is 66.5 Å². The summed E-state index contributed by atoms with van der Waals surface area (Å²) in [5, 5.41) is 2.83. The van der Waals surface area contributed by atoms with Crippen LogP contribution in [-0.2, 0) is 21.2 Å². The molecule has 0 aliphatic heterocycles. The number of aryl methyl sites for hydroxylation is 2. The third-order valence-electron chi connectivity index (χ3n) is 4.68. The summed E-state index contributed by atoms with van der Waals surface area (Å²) in [5.41, 5.74) is 2.94. The van der Waals surface area contributed by atoms with Gasteiger partial charge in [-0.3, -0.25) is 9.10 Å². The van der Waals surface area contributed by atoms with Crippen molar-refractivity contribution in [1.29, 1.82) is 0 Å². The summed E-state index contributed by atoms with van der Waals surface area (Å²) < 4.78 is 28.0. The summed E-state index contributed by atoms with van der Waals surface area (Å²) in [4.78, 5) is 13.0. The van der Waals surface area contributed by atoms with Gasteiger partial charge in [-0.1, -0.05) is 61.5 Å². The maximum Gasteiger partial charge on any atom is 0.264 e. The molecule has 1 N–H and O–H groups in total.